The number of hydrogen-bond acceptors (Lipinski definition) is 3. The monoisotopic (exact) mass is 307 g/mol. The van der Waals surface area contributed by atoms with Crippen LogP contribution in [0, 0.1) is 0 Å². The Morgan fingerprint density at radius 2 is 1.94 bits per heavy atom. The first kappa shape index (κ1) is 12.4. The Bertz CT molecular complexity index is 599. The first-order chi connectivity index (χ1) is 8.58. The van der Waals surface area contributed by atoms with Crippen molar-refractivity contribution in [3.8, 4) is 11.5 Å². The van der Waals surface area contributed by atoms with E-state index in [-0.39, 0.29) is 11.3 Å². The Morgan fingerprint density at radius 1 is 1.22 bits per heavy atom. The first-order valence-electron chi connectivity index (χ1n) is 5.13. The predicted molar refractivity (Wildman–Crippen MR) is 72.0 cm³/mol. The van der Waals surface area contributed by atoms with E-state index in [9.17, 15) is 4.79 Å². The van der Waals surface area contributed by atoms with Crippen LogP contribution < -0.4 is 10.5 Å². The van der Waals surface area contributed by atoms with E-state index in [1.807, 2.05) is 18.2 Å². The molecule has 92 valence electrons. The standard InChI is InChI=1S/C13H10BrNO3/c14-10-3-1-2-4-12(10)18-8-5-6-11(15)9(7-8)13(16)17/h1-7H,15H2,(H,16,17). The van der Waals surface area contributed by atoms with E-state index in [1.54, 1.807) is 12.1 Å². The summed E-state index contributed by atoms with van der Waals surface area (Å²) in [6.07, 6.45) is 0. The lowest BCUT2D eigenvalue weighted by molar-refractivity contribution is 0.0697. The number of carboxylic acid groups (broad SMARTS) is 1. The molecule has 0 amide bonds. The fourth-order valence-electron chi connectivity index (χ4n) is 1.44. The van der Waals surface area contributed by atoms with E-state index in [1.165, 1.54) is 12.1 Å². The lowest BCUT2D eigenvalue weighted by atomic mass is 10.2. The van der Waals surface area contributed by atoms with Crippen LogP contribution in [0.15, 0.2) is 46.9 Å². The molecule has 0 heterocycles. The molecule has 0 atom stereocenters. The smallest absolute Gasteiger partial charge is 0.337 e. The van der Waals surface area contributed by atoms with Crippen molar-refractivity contribution in [3.63, 3.8) is 0 Å². The van der Waals surface area contributed by atoms with Crippen molar-refractivity contribution < 1.29 is 14.6 Å². The molecule has 4 nitrogen and oxygen atoms in total. The zero-order chi connectivity index (χ0) is 13.1. The third-order valence-electron chi connectivity index (χ3n) is 2.32. The summed E-state index contributed by atoms with van der Waals surface area (Å²) in [5.74, 6) is -0.0443. The Balaban J connectivity index is 2.33. The molecule has 0 saturated heterocycles. The average molecular weight is 308 g/mol. The highest BCUT2D eigenvalue weighted by atomic mass is 79.9. The van der Waals surface area contributed by atoms with Gasteiger partial charge in [-0.2, -0.15) is 0 Å². The van der Waals surface area contributed by atoms with Crippen molar-refractivity contribution in [1.29, 1.82) is 0 Å². The number of aromatic carboxylic acids is 1. The zero-order valence-electron chi connectivity index (χ0n) is 9.26. The van der Waals surface area contributed by atoms with Crippen LogP contribution in [-0.4, -0.2) is 11.1 Å². The number of hydrogen-bond donors (Lipinski definition) is 2. The number of anilines is 1. The van der Waals surface area contributed by atoms with Gasteiger partial charge < -0.3 is 15.6 Å². The first-order valence-corrected chi connectivity index (χ1v) is 5.92. The predicted octanol–water partition coefficient (Wildman–Crippen LogP) is 3.52. The largest absolute Gasteiger partial charge is 0.478 e. The molecule has 2 aromatic rings. The normalized spacial score (nSPS) is 10.1. The third-order valence-corrected chi connectivity index (χ3v) is 2.97. The molecule has 0 bridgehead atoms. The molecule has 0 aliphatic carbocycles. The Morgan fingerprint density at radius 3 is 2.61 bits per heavy atom. The molecule has 0 aromatic heterocycles. The molecule has 0 aliphatic rings. The topological polar surface area (TPSA) is 72.5 Å². The number of para-hydroxylation sites is 1. The number of benzene rings is 2. The van der Waals surface area contributed by atoms with Gasteiger partial charge in [-0.25, -0.2) is 4.79 Å². The lowest BCUT2D eigenvalue weighted by Gasteiger charge is -2.09. The van der Waals surface area contributed by atoms with Crippen LogP contribution in [0.2, 0.25) is 0 Å². The summed E-state index contributed by atoms with van der Waals surface area (Å²) in [7, 11) is 0. The molecular formula is C13H10BrNO3. The maximum atomic E-state index is 10.9. The molecule has 2 rings (SSSR count). The summed E-state index contributed by atoms with van der Waals surface area (Å²) < 4.78 is 6.38. The Kier molecular flexibility index (Phi) is 3.53. The van der Waals surface area contributed by atoms with Crippen molar-refractivity contribution in [3.05, 3.63) is 52.5 Å². The zero-order valence-corrected chi connectivity index (χ0v) is 10.8. The van der Waals surface area contributed by atoms with Gasteiger partial charge in [0.05, 0.1) is 10.0 Å². The van der Waals surface area contributed by atoms with Gasteiger partial charge in [0.25, 0.3) is 0 Å². The van der Waals surface area contributed by atoms with Crippen LogP contribution in [0.3, 0.4) is 0 Å². The second-order valence-electron chi connectivity index (χ2n) is 3.59. The average Bonchev–Trinajstić information content (AvgIpc) is 2.34. The van der Waals surface area contributed by atoms with E-state index in [0.717, 1.165) is 4.47 Å². The summed E-state index contributed by atoms with van der Waals surface area (Å²) in [5, 5.41) is 8.97. The maximum Gasteiger partial charge on any atom is 0.337 e. The number of carbonyl (C=O) groups is 1. The molecule has 18 heavy (non-hydrogen) atoms. The number of ether oxygens (including phenoxy) is 1. The van der Waals surface area contributed by atoms with Gasteiger partial charge in [-0.15, -0.1) is 0 Å². The summed E-state index contributed by atoms with van der Waals surface area (Å²) in [6, 6.07) is 11.8. The minimum absolute atomic E-state index is 0.0274. The van der Waals surface area contributed by atoms with Gasteiger partial charge in [-0.1, -0.05) is 12.1 Å². The minimum atomic E-state index is -1.08. The number of nitrogens with two attached hydrogens (primary N) is 1. The molecule has 0 fully saturated rings. The molecule has 0 unspecified atom stereocenters. The van der Waals surface area contributed by atoms with Crippen molar-refractivity contribution in [2.24, 2.45) is 0 Å². The third kappa shape index (κ3) is 2.62. The summed E-state index contributed by atoms with van der Waals surface area (Å²) >= 11 is 3.35. The highest BCUT2D eigenvalue weighted by Crippen LogP contribution is 2.30. The van der Waals surface area contributed by atoms with Gasteiger partial charge in [-0.3, -0.25) is 0 Å². The highest BCUT2D eigenvalue weighted by molar-refractivity contribution is 9.10. The van der Waals surface area contributed by atoms with Crippen LogP contribution in [0.25, 0.3) is 0 Å². The highest BCUT2D eigenvalue weighted by Gasteiger charge is 2.10. The summed E-state index contributed by atoms with van der Waals surface area (Å²) in [6.45, 7) is 0. The van der Waals surface area contributed by atoms with Gasteiger partial charge in [0.1, 0.15) is 11.5 Å². The van der Waals surface area contributed by atoms with Crippen LogP contribution in [0.4, 0.5) is 5.69 Å². The number of carboxylic acids is 1. The second-order valence-corrected chi connectivity index (χ2v) is 4.44. The molecule has 2 aromatic carbocycles. The van der Waals surface area contributed by atoms with Gasteiger partial charge >= 0.3 is 5.97 Å². The van der Waals surface area contributed by atoms with Gasteiger partial charge in [0, 0.05) is 5.69 Å². The number of halogens is 1. The van der Waals surface area contributed by atoms with Crippen LogP contribution in [0.1, 0.15) is 10.4 Å². The number of nitrogen functional groups attached to an aromatic ring is 1. The molecule has 0 aliphatic heterocycles. The van der Waals surface area contributed by atoms with Crippen LogP contribution in [0.5, 0.6) is 11.5 Å². The molecule has 0 radical (unpaired) electrons. The van der Waals surface area contributed by atoms with Gasteiger partial charge in [0.15, 0.2) is 0 Å². The lowest BCUT2D eigenvalue weighted by Crippen LogP contribution is -2.02. The molecule has 0 spiro atoms. The fraction of sp³-hybridized carbons (Fsp3) is 0. The molecule has 0 saturated carbocycles. The maximum absolute atomic E-state index is 10.9. The Hall–Kier alpha value is -2.01. The summed E-state index contributed by atoms with van der Waals surface area (Å²) in [5.41, 5.74) is 5.81. The Labute approximate surface area is 112 Å². The van der Waals surface area contributed by atoms with Crippen LogP contribution in [-0.2, 0) is 0 Å². The van der Waals surface area contributed by atoms with E-state index < -0.39 is 5.97 Å². The van der Waals surface area contributed by atoms with E-state index in [2.05, 4.69) is 15.9 Å². The second kappa shape index (κ2) is 5.10. The van der Waals surface area contributed by atoms with E-state index in [0.29, 0.717) is 11.5 Å². The SMILES string of the molecule is Nc1ccc(Oc2ccccc2Br)cc1C(=O)O. The number of rotatable bonds is 3. The fourth-order valence-corrected chi connectivity index (χ4v) is 1.80. The molecular weight excluding hydrogens is 298 g/mol. The summed E-state index contributed by atoms with van der Waals surface area (Å²) in [4.78, 5) is 10.9. The molecule has 5 heteroatoms. The van der Waals surface area contributed by atoms with E-state index >= 15 is 0 Å². The van der Waals surface area contributed by atoms with Crippen molar-refractivity contribution in [1.82, 2.24) is 0 Å². The van der Waals surface area contributed by atoms with E-state index in [4.69, 9.17) is 15.6 Å². The quantitative estimate of drug-likeness (QED) is 0.851. The van der Waals surface area contributed by atoms with Crippen molar-refractivity contribution in [2.75, 3.05) is 5.73 Å². The van der Waals surface area contributed by atoms with Gasteiger partial charge in [-0.05, 0) is 46.3 Å². The van der Waals surface area contributed by atoms with Crippen molar-refractivity contribution >= 4 is 27.6 Å². The molecule has 3 N–H and O–H groups in total. The van der Waals surface area contributed by atoms with Crippen LogP contribution >= 0.6 is 15.9 Å². The minimum Gasteiger partial charge on any atom is -0.478 e. The van der Waals surface area contributed by atoms with Gasteiger partial charge in [0.2, 0.25) is 0 Å². The van der Waals surface area contributed by atoms with Crippen molar-refractivity contribution in [2.45, 2.75) is 0 Å².